The molecule has 0 aromatic heterocycles. The Balaban J connectivity index is 3.11. The molecule has 2 unspecified atom stereocenters. The molecule has 6 heteroatoms. The summed E-state index contributed by atoms with van der Waals surface area (Å²) >= 11 is 0. The van der Waals surface area contributed by atoms with Crippen molar-refractivity contribution < 1.29 is 8.42 Å². The number of hydrogen-bond acceptors (Lipinski definition) is 4. The van der Waals surface area contributed by atoms with E-state index in [0.29, 0.717) is 12.2 Å². The number of hydrogen-bond donors (Lipinski definition) is 2. The maximum absolute atomic E-state index is 12.2. The third-order valence-corrected chi connectivity index (χ3v) is 5.13. The molecule has 0 bridgehead atoms. The second-order valence-corrected chi connectivity index (χ2v) is 7.05. The van der Waals surface area contributed by atoms with Crippen LogP contribution in [-0.2, 0) is 10.0 Å². The molecule has 0 fully saturated rings. The summed E-state index contributed by atoms with van der Waals surface area (Å²) in [5, 5.41) is 3.24. The van der Waals surface area contributed by atoms with Crippen LogP contribution in [0.1, 0.15) is 13.8 Å². The quantitative estimate of drug-likeness (QED) is 0.827. The normalized spacial score (nSPS) is 15.3. The van der Waals surface area contributed by atoms with Gasteiger partial charge in [0.15, 0.2) is 0 Å². The Morgan fingerprint density at radius 3 is 2.37 bits per heavy atom. The largest absolute Gasteiger partial charge is 0.381 e. The van der Waals surface area contributed by atoms with Crippen LogP contribution in [0.3, 0.4) is 0 Å². The maximum Gasteiger partial charge on any atom is 0.244 e. The molecule has 0 radical (unpaired) electrons. The van der Waals surface area contributed by atoms with Gasteiger partial charge in [0.1, 0.15) is 4.90 Å². The minimum absolute atomic E-state index is 0.100. The van der Waals surface area contributed by atoms with Crippen molar-refractivity contribution in [3.05, 3.63) is 24.3 Å². The highest BCUT2D eigenvalue weighted by atomic mass is 32.2. The van der Waals surface area contributed by atoms with Crippen molar-refractivity contribution in [2.45, 2.75) is 24.8 Å². The van der Waals surface area contributed by atoms with E-state index in [0.717, 1.165) is 0 Å². The first-order valence-corrected chi connectivity index (χ1v) is 7.73. The van der Waals surface area contributed by atoms with Crippen LogP contribution in [0.25, 0.3) is 0 Å². The second-order valence-electron chi connectivity index (χ2n) is 4.93. The summed E-state index contributed by atoms with van der Waals surface area (Å²) < 4.78 is 25.7. The van der Waals surface area contributed by atoms with Crippen molar-refractivity contribution in [3.8, 4) is 0 Å². The summed E-state index contributed by atoms with van der Waals surface area (Å²) in [6.45, 7) is 4.58. The lowest BCUT2D eigenvalue weighted by Crippen LogP contribution is -2.31. The van der Waals surface area contributed by atoms with E-state index in [-0.39, 0.29) is 16.9 Å². The van der Waals surface area contributed by atoms with Gasteiger partial charge in [-0.2, -0.15) is 0 Å². The molecule has 2 atom stereocenters. The molecule has 108 valence electrons. The van der Waals surface area contributed by atoms with Crippen LogP contribution in [0.2, 0.25) is 0 Å². The Hall–Kier alpha value is -1.11. The average Bonchev–Trinajstić information content (AvgIpc) is 2.37. The van der Waals surface area contributed by atoms with E-state index in [2.05, 4.69) is 5.32 Å². The van der Waals surface area contributed by atoms with Gasteiger partial charge in [-0.05, 0) is 31.5 Å². The fraction of sp³-hybridized carbons (Fsp3) is 0.538. The Morgan fingerprint density at radius 1 is 1.26 bits per heavy atom. The van der Waals surface area contributed by atoms with E-state index in [1.165, 1.54) is 18.4 Å². The molecular formula is C13H23N3O2S. The first kappa shape index (κ1) is 15.9. The zero-order valence-corrected chi connectivity index (χ0v) is 12.7. The molecular weight excluding hydrogens is 262 g/mol. The molecule has 0 amide bonds. The first-order chi connectivity index (χ1) is 8.80. The molecule has 0 aliphatic carbocycles. The summed E-state index contributed by atoms with van der Waals surface area (Å²) in [5.74, 6) is 0.259. The van der Waals surface area contributed by atoms with Crippen LogP contribution in [0, 0.1) is 5.92 Å². The van der Waals surface area contributed by atoms with E-state index in [1.54, 1.807) is 18.2 Å². The van der Waals surface area contributed by atoms with Gasteiger partial charge in [-0.25, -0.2) is 12.7 Å². The van der Waals surface area contributed by atoms with Gasteiger partial charge in [0.05, 0.1) is 5.69 Å². The van der Waals surface area contributed by atoms with E-state index in [1.807, 2.05) is 19.9 Å². The minimum atomic E-state index is -3.45. The molecule has 1 aromatic carbocycles. The lowest BCUT2D eigenvalue weighted by atomic mass is 10.0. The van der Waals surface area contributed by atoms with Crippen molar-refractivity contribution in [1.82, 2.24) is 4.31 Å². The van der Waals surface area contributed by atoms with Gasteiger partial charge in [0.25, 0.3) is 0 Å². The third-order valence-electron chi connectivity index (χ3n) is 3.25. The Labute approximate surface area is 115 Å². The molecule has 0 aliphatic heterocycles. The standard InChI is InChI=1S/C13H23N3O2S/c1-10(9-14)11(2)15-12-7-5-6-8-13(12)19(17,18)16(3)4/h5-8,10-11,15H,9,14H2,1-4H3. The summed E-state index contributed by atoms with van der Waals surface area (Å²) in [4.78, 5) is 0.288. The molecule has 0 saturated heterocycles. The van der Waals surface area contributed by atoms with Crippen LogP contribution in [0.5, 0.6) is 0 Å². The summed E-state index contributed by atoms with van der Waals surface area (Å²) in [6, 6.07) is 7.02. The summed E-state index contributed by atoms with van der Waals surface area (Å²) in [7, 11) is -0.394. The molecule has 0 spiro atoms. The average molecular weight is 285 g/mol. The highest BCUT2D eigenvalue weighted by Gasteiger charge is 2.22. The number of nitrogens with zero attached hydrogens (tertiary/aromatic N) is 1. The maximum atomic E-state index is 12.2. The molecule has 0 saturated carbocycles. The third kappa shape index (κ3) is 3.68. The zero-order valence-electron chi connectivity index (χ0n) is 11.9. The first-order valence-electron chi connectivity index (χ1n) is 6.29. The Bertz CT molecular complexity index is 514. The number of nitrogens with two attached hydrogens (primary N) is 1. The second kappa shape index (κ2) is 6.36. The van der Waals surface area contributed by atoms with Gasteiger partial charge in [0.2, 0.25) is 10.0 Å². The van der Waals surface area contributed by atoms with Crippen LogP contribution in [0.4, 0.5) is 5.69 Å². The van der Waals surface area contributed by atoms with Crippen molar-refractivity contribution in [2.24, 2.45) is 11.7 Å². The van der Waals surface area contributed by atoms with Crippen LogP contribution >= 0.6 is 0 Å². The van der Waals surface area contributed by atoms with Gasteiger partial charge in [-0.3, -0.25) is 0 Å². The molecule has 0 heterocycles. The van der Waals surface area contributed by atoms with Gasteiger partial charge in [-0.15, -0.1) is 0 Å². The minimum Gasteiger partial charge on any atom is -0.381 e. The Kier molecular flexibility index (Phi) is 5.34. The predicted octanol–water partition coefficient (Wildman–Crippen LogP) is 1.33. The van der Waals surface area contributed by atoms with Gasteiger partial charge >= 0.3 is 0 Å². The van der Waals surface area contributed by atoms with Gasteiger partial charge in [0, 0.05) is 20.1 Å². The van der Waals surface area contributed by atoms with E-state index < -0.39 is 10.0 Å². The van der Waals surface area contributed by atoms with Crippen molar-refractivity contribution in [3.63, 3.8) is 0 Å². The highest BCUT2D eigenvalue weighted by molar-refractivity contribution is 7.89. The van der Waals surface area contributed by atoms with E-state index in [9.17, 15) is 8.42 Å². The lowest BCUT2D eigenvalue weighted by Gasteiger charge is -2.23. The molecule has 0 aliphatic rings. The number of para-hydroxylation sites is 1. The fourth-order valence-corrected chi connectivity index (χ4v) is 2.65. The topological polar surface area (TPSA) is 75.4 Å². The fourth-order valence-electron chi connectivity index (χ4n) is 1.60. The monoisotopic (exact) mass is 285 g/mol. The van der Waals surface area contributed by atoms with Crippen molar-refractivity contribution in [2.75, 3.05) is 26.0 Å². The van der Waals surface area contributed by atoms with Crippen LogP contribution in [0.15, 0.2) is 29.2 Å². The van der Waals surface area contributed by atoms with E-state index >= 15 is 0 Å². The lowest BCUT2D eigenvalue weighted by molar-refractivity contribution is 0.514. The Morgan fingerprint density at radius 2 is 1.84 bits per heavy atom. The molecule has 19 heavy (non-hydrogen) atoms. The molecule has 1 aromatic rings. The SMILES string of the molecule is CC(CN)C(C)Nc1ccccc1S(=O)(=O)N(C)C. The molecule has 3 N–H and O–H groups in total. The number of anilines is 1. The van der Waals surface area contributed by atoms with E-state index in [4.69, 9.17) is 5.73 Å². The number of benzene rings is 1. The number of sulfonamides is 1. The summed E-state index contributed by atoms with van der Waals surface area (Å²) in [6.07, 6.45) is 0. The summed E-state index contributed by atoms with van der Waals surface area (Å²) in [5.41, 5.74) is 6.25. The van der Waals surface area contributed by atoms with Crippen molar-refractivity contribution >= 4 is 15.7 Å². The highest BCUT2D eigenvalue weighted by Crippen LogP contribution is 2.24. The van der Waals surface area contributed by atoms with Crippen LogP contribution < -0.4 is 11.1 Å². The molecule has 5 nitrogen and oxygen atoms in total. The van der Waals surface area contributed by atoms with Gasteiger partial charge < -0.3 is 11.1 Å². The predicted molar refractivity (Wildman–Crippen MR) is 78.6 cm³/mol. The smallest absolute Gasteiger partial charge is 0.244 e. The molecule has 1 rings (SSSR count). The van der Waals surface area contributed by atoms with Crippen LogP contribution in [-0.4, -0.2) is 39.4 Å². The van der Waals surface area contributed by atoms with Crippen molar-refractivity contribution in [1.29, 1.82) is 0 Å². The van der Waals surface area contributed by atoms with Gasteiger partial charge in [-0.1, -0.05) is 19.1 Å². The number of nitrogens with one attached hydrogen (secondary N) is 1. The number of rotatable bonds is 6. The zero-order chi connectivity index (χ0) is 14.6.